The van der Waals surface area contributed by atoms with Crippen molar-refractivity contribution in [3.8, 4) is 0 Å². The van der Waals surface area contributed by atoms with Gasteiger partial charge >= 0.3 is 0 Å². The molecule has 0 heterocycles. The highest BCUT2D eigenvalue weighted by Gasteiger charge is 2.58. The topological polar surface area (TPSA) is 29.2 Å². The predicted molar refractivity (Wildman–Crippen MR) is 282 cm³/mol. The van der Waals surface area contributed by atoms with Crippen molar-refractivity contribution in [2.45, 2.75) is 74.8 Å². The van der Waals surface area contributed by atoms with Gasteiger partial charge in [-0.05, 0) is 129 Å². The van der Waals surface area contributed by atoms with Crippen LogP contribution in [0.15, 0.2) is 22.3 Å². The van der Waals surface area contributed by atoms with Gasteiger partial charge < -0.3 is 44.1 Å². The molecule has 4 rings (SSSR count). The van der Waals surface area contributed by atoms with Gasteiger partial charge in [-0.25, -0.2) is 0 Å². The standard InChI is InChI=1S/C51H85N9Si/c1-29-30(2)32(4)48(31(29)3)61(49-36(8)42(55(17)18)39(52(11)12)33(5)45(49)58(23)24,50-37(9)43(56(19)20)40(53(13)14)34(6)46(50)59(25)26)51-38(10)44(57(21)22)41(54(15)16)35(7)47(51)60(27)28/h48H,1-28H3. The molecule has 0 amide bonds. The molecule has 0 aromatic heterocycles. The summed E-state index contributed by atoms with van der Waals surface area (Å²) in [7, 11) is 36.9. The van der Waals surface area contributed by atoms with E-state index in [1.165, 1.54) is 122 Å². The lowest BCUT2D eigenvalue weighted by Gasteiger charge is -2.50. The van der Waals surface area contributed by atoms with Crippen LogP contribution in [0.4, 0.5) is 51.2 Å². The largest absolute Gasteiger partial charge is 0.377 e. The van der Waals surface area contributed by atoms with Crippen molar-refractivity contribution < 1.29 is 0 Å². The summed E-state index contributed by atoms with van der Waals surface area (Å²) in [6.45, 7) is 24.2. The van der Waals surface area contributed by atoms with E-state index in [9.17, 15) is 0 Å². The van der Waals surface area contributed by atoms with Gasteiger partial charge in [0.15, 0.2) is 8.07 Å². The minimum absolute atomic E-state index is 0.110. The first-order valence-electron chi connectivity index (χ1n) is 21.9. The monoisotopic (exact) mass is 852 g/mol. The van der Waals surface area contributed by atoms with Crippen LogP contribution in [0.3, 0.4) is 0 Å². The van der Waals surface area contributed by atoms with E-state index in [0.717, 1.165) is 0 Å². The number of benzene rings is 3. The zero-order valence-electron chi connectivity index (χ0n) is 44.1. The molecule has 0 aliphatic heterocycles. The molecule has 0 radical (unpaired) electrons. The summed E-state index contributed by atoms with van der Waals surface area (Å²) in [6.07, 6.45) is 0. The van der Waals surface area contributed by atoms with E-state index in [4.69, 9.17) is 0 Å². The van der Waals surface area contributed by atoms with Crippen LogP contribution in [0.2, 0.25) is 5.54 Å². The molecule has 0 bridgehead atoms. The first kappa shape index (κ1) is 49.2. The number of hydrogen-bond acceptors (Lipinski definition) is 9. The minimum atomic E-state index is -3.53. The lowest BCUT2D eigenvalue weighted by molar-refractivity contribution is 1.02. The Morgan fingerprint density at radius 2 is 0.410 bits per heavy atom. The van der Waals surface area contributed by atoms with E-state index in [2.05, 4.69) is 240 Å². The van der Waals surface area contributed by atoms with E-state index in [1.807, 2.05) is 0 Å². The summed E-state index contributed by atoms with van der Waals surface area (Å²) in [5.74, 6) is 0. The average molecular weight is 852 g/mol. The van der Waals surface area contributed by atoms with Crippen LogP contribution in [0.5, 0.6) is 0 Å². The fraction of sp³-hybridized carbons (Fsp3) is 0.569. The van der Waals surface area contributed by atoms with E-state index in [-0.39, 0.29) is 5.54 Å². The third-order valence-corrected chi connectivity index (χ3v) is 19.9. The summed E-state index contributed by atoms with van der Waals surface area (Å²) < 4.78 is 0. The molecule has 1 aliphatic carbocycles. The smallest absolute Gasteiger partial charge is 0.168 e. The van der Waals surface area contributed by atoms with Crippen LogP contribution < -0.4 is 59.7 Å². The fourth-order valence-corrected chi connectivity index (χ4v) is 19.9. The van der Waals surface area contributed by atoms with Gasteiger partial charge in [0.25, 0.3) is 0 Å². The second-order valence-corrected chi connectivity index (χ2v) is 23.6. The van der Waals surface area contributed by atoms with Crippen molar-refractivity contribution >= 4 is 74.8 Å². The molecular formula is C51H85N9Si. The van der Waals surface area contributed by atoms with Crippen molar-refractivity contribution in [1.82, 2.24) is 0 Å². The van der Waals surface area contributed by atoms with Gasteiger partial charge in [-0.1, -0.05) is 11.1 Å². The molecule has 10 heteroatoms. The molecule has 3 aromatic rings. The molecule has 61 heavy (non-hydrogen) atoms. The molecule has 0 N–H and O–H groups in total. The molecule has 1 aliphatic rings. The average Bonchev–Trinajstić information content (AvgIpc) is 3.31. The van der Waals surface area contributed by atoms with Crippen molar-refractivity contribution in [3.63, 3.8) is 0 Å². The Morgan fingerprint density at radius 3 is 0.574 bits per heavy atom. The Bertz CT molecular complexity index is 2030. The Labute approximate surface area is 374 Å². The Morgan fingerprint density at radius 1 is 0.246 bits per heavy atom. The summed E-state index contributed by atoms with van der Waals surface area (Å²) in [4.78, 5) is 21.5. The lowest BCUT2D eigenvalue weighted by atomic mass is 10.0. The van der Waals surface area contributed by atoms with Crippen molar-refractivity contribution in [1.29, 1.82) is 0 Å². The van der Waals surface area contributed by atoms with Gasteiger partial charge in [-0.15, -0.1) is 0 Å². The third-order valence-electron chi connectivity index (χ3n) is 14.0. The zero-order valence-corrected chi connectivity index (χ0v) is 45.1. The Hall–Kier alpha value is -4.44. The second-order valence-electron chi connectivity index (χ2n) is 19.9. The summed E-state index contributed by atoms with van der Waals surface area (Å²) in [5.41, 5.74) is 25.6. The zero-order chi connectivity index (χ0) is 47.0. The van der Waals surface area contributed by atoms with Crippen LogP contribution in [0.1, 0.15) is 61.1 Å². The van der Waals surface area contributed by atoms with Crippen LogP contribution in [-0.2, 0) is 0 Å². The van der Waals surface area contributed by atoms with Crippen LogP contribution in [-0.4, -0.2) is 135 Å². The van der Waals surface area contributed by atoms with Crippen molar-refractivity contribution in [2.24, 2.45) is 0 Å². The quantitative estimate of drug-likeness (QED) is 0.127. The highest BCUT2D eigenvalue weighted by Crippen LogP contribution is 2.54. The molecule has 0 saturated heterocycles. The van der Waals surface area contributed by atoms with E-state index in [0.29, 0.717) is 0 Å². The minimum Gasteiger partial charge on any atom is -0.377 e. The Balaban J connectivity index is 2.90. The number of nitrogens with zero attached hydrogens (tertiary/aromatic N) is 9. The van der Waals surface area contributed by atoms with Gasteiger partial charge in [0, 0.05) is 149 Å². The van der Waals surface area contributed by atoms with E-state index in [1.54, 1.807) is 0 Å². The van der Waals surface area contributed by atoms with Crippen molar-refractivity contribution in [2.75, 3.05) is 171 Å². The van der Waals surface area contributed by atoms with E-state index >= 15 is 0 Å². The lowest BCUT2D eigenvalue weighted by Crippen LogP contribution is -2.74. The maximum atomic E-state index is 2.47. The van der Waals surface area contributed by atoms with Gasteiger partial charge in [-0.2, -0.15) is 0 Å². The highest BCUT2D eigenvalue weighted by molar-refractivity contribution is 7.16. The first-order valence-corrected chi connectivity index (χ1v) is 24.0. The molecule has 3 aromatic carbocycles. The molecular weight excluding hydrogens is 767 g/mol. The molecule has 0 saturated carbocycles. The maximum Gasteiger partial charge on any atom is 0.168 e. The number of anilines is 9. The number of allylic oxidation sites excluding steroid dienone is 4. The molecule has 0 spiro atoms. The predicted octanol–water partition coefficient (Wildman–Crippen LogP) is 7.66. The first-order chi connectivity index (χ1) is 28.0. The van der Waals surface area contributed by atoms with Crippen molar-refractivity contribution in [3.05, 3.63) is 55.7 Å². The normalized spacial score (nSPS) is 13.4. The highest BCUT2D eigenvalue weighted by atomic mass is 28.3. The summed E-state index contributed by atoms with van der Waals surface area (Å²) in [5, 5.41) is 4.49. The third kappa shape index (κ3) is 7.32. The second kappa shape index (κ2) is 17.4. The van der Waals surface area contributed by atoms with E-state index < -0.39 is 8.07 Å². The molecule has 0 unspecified atom stereocenters. The van der Waals surface area contributed by atoms with Gasteiger partial charge in [-0.3, -0.25) is 0 Å². The van der Waals surface area contributed by atoms with Gasteiger partial charge in [0.2, 0.25) is 0 Å². The maximum absolute atomic E-state index is 3.53. The van der Waals surface area contributed by atoms with Gasteiger partial charge in [0.1, 0.15) is 0 Å². The van der Waals surface area contributed by atoms with Gasteiger partial charge in [0.05, 0.1) is 34.1 Å². The molecule has 9 nitrogen and oxygen atoms in total. The van der Waals surface area contributed by atoms with Crippen LogP contribution in [0, 0.1) is 41.5 Å². The van der Waals surface area contributed by atoms with Crippen LogP contribution >= 0.6 is 0 Å². The number of rotatable bonds is 13. The molecule has 338 valence electrons. The SMILES string of the molecule is CC1=C(C)C([Si](c2c(C)c(N(C)C)c(N(C)C)c(C)c2N(C)C)(c2c(C)c(N(C)C)c(N(C)C)c(C)c2N(C)C)c2c(C)c(N(C)C)c(N(C)C)c(C)c2N(C)C)C(C)=C1C. The summed E-state index contributed by atoms with van der Waals surface area (Å²) in [6, 6.07) is 0. The summed E-state index contributed by atoms with van der Waals surface area (Å²) >= 11 is 0. The Kier molecular flexibility index (Phi) is 14.0. The molecule has 0 atom stereocenters. The fourth-order valence-electron chi connectivity index (χ4n) is 12.1. The number of hydrogen-bond donors (Lipinski definition) is 0. The van der Waals surface area contributed by atoms with Crippen LogP contribution in [0.25, 0.3) is 0 Å². The molecule has 0 fully saturated rings.